The molecule has 0 heterocycles. The summed E-state index contributed by atoms with van der Waals surface area (Å²) >= 11 is 3.27. The highest BCUT2D eigenvalue weighted by Crippen LogP contribution is 2.53. The topological polar surface area (TPSA) is 158 Å². The van der Waals surface area contributed by atoms with Gasteiger partial charge < -0.3 is 25.2 Å². The first-order chi connectivity index (χ1) is 15.0. The highest BCUT2D eigenvalue weighted by atomic mass is 79.9. The number of carbonyl (C=O) groups excluding carboxylic acids is 4. The smallest absolute Gasteiger partial charge is 0.303 e. The molecule has 2 aliphatic carbocycles. The minimum Gasteiger partial charge on any atom is -0.507 e. The molecule has 0 saturated heterocycles. The summed E-state index contributed by atoms with van der Waals surface area (Å²) < 4.78 is 4.67. The second kappa shape index (κ2) is 7.42. The Morgan fingerprint density at radius 1 is 1.09 bits per heavy atom. The van der Waals surface area contributed by atoms with E-state index >= 15 is 0 Å². The van der Waals surface area contributed by atoms with Crippen molar-refractivity contribution in [2.24, 2.45) is 0 Å². The van der Waals surface area contributed by atoms with Crippen molar-refractivity contribution in [3.63, 3.8) is 0 Å². The van der Waals surface area contributed by atoms with Crippen LogP contribution >= 0.6 is 15.9 Å². The van der Waals surface area contributed by atoms with E-state index in [1.54, 1.807) is 0 Å². The number of hydrogen-bond donors (Lipinski definition) is 4. The molecule has 0 fully saturated rings. The van der Waals surface area contributed by atoms with Crippen LogP contribution in [0.4, 0.5) is 0 Å². The molecule has 0 spiro atoms. The van der Waals surface area contributed by atoms with Gasteiger partial charge in [-0.1, -0.05) is 28.1 Å². The summed E-state index contributed by atoms with van der Waals surface area (Å²) in [5.41, 5.74) is -3.46. The summed E-state index contributed by atoms with van der Waals surface area (Å²) in [7, 11) is 0. The van der Waals surface area contributed by atoms with Gasteiger partial charge in [0.1, 0.15) is 22.8 Å². The van der Waals surface area contributed by atoms with E-state index in [-0.39, 0.29) is 28.7 Å². The molecular weight excluding hydrogens is 488 g/mol. The van der Waals surface area contributed by atoms with E-state index in [1.165, 1.54) is 18.2 Å². The highest BCUT2D eigenvalue weighted by Gasteiger charge is 2.48. The zero-order valence-electron chi connectivity index (χ0n) is 16.6. The molecule has 9 nitrogen and oxygen atoms in total. The summed E-state index contributed by atoms with van der Waals surface area (Å²) in [5.74, 6) is -4.85. The number of fused-ring (bicyclic) bond motifs is 3. The summed E-state index contributed by atoms with van der Waals surface area (Å²) in [6, 6.07) is 3.90. The summed E-state index contributed by atoms with van der Waals surface area (Å²) in [6.07, 6.45) is -0.735. The average molecular weight is 505 g/mol. The molecule has 0 radical (unpaired) electrons. The fourth-order valence-electron chi connectivity index (χ4n) is 4.26. The van der Waals surface area contributed by atoms with Crippen molar-refractivity contribution >= 4 is 39.2 Å². The number of phenols is 3. The molecule has 32 heavy (non-hydrogen) atoms. The van der Waals surface area contributed by atoms with Gasteiger partial charge in [-0.15, -0.1) is 0 Å². The molecule has 2 atom stereocenters. The van der Waals surface area contributed by atoms with E-state index in [9.17, 15) is 39.6 Å². The van der Waals surface area contributed by atoms with E-state index in [4.69, 9.17) is 0 Å². The second-order valence-electron chi connectivity index (χ2n) is 7.78. The number of rotatable bonds is 3. The fourth-order valence-corrected chi connectivity index (χ4v) is 5.28. The van der Waals surface area contributed by atoms with Crippen molar-refractivity contribution in [3.8, 4) is 17.2 Å². The largest absolute Gasteiger partial charge is 0.507 e. The number of aliphatic hydroxyl groups is 1. The van der Waals surface area contributed by atoms with Gasteiger partial charge in [0.2, 0.25) is 11.6 Å². The number of halogens is 1. The summed E-state index contributed by atoms with van der Waals surface area (Å²) in [5, 5.41) is 43.0. The molecule has 2 aromatic carbocycles. The third kappa shape index (κ3) is 3.09. The maximum absolute atomic E-state index is 13.1. The molecule has 0 bridgehead atoms. The normalized spacial score (nSPS) is 21.4. The molecule has 166 valence electrons. The average Bonchev–Trinajstić information content (AvgIpc) is 2.72. The van der Waals surface area contributed by atoms with E-state index in [0.29, 0.717) is 0 Å². The first-order valence-corrected chi connectivity index (χ1v) is 10.4. The van der Waals surface area contributed by atoms with Crippen molar-refractivity contribution in [2.45, 2.75) is 30.2 Å². The van der Waals surface area contributed by atoms with Gasteiger partial charge in [-0.3, -0.25) is 19.2 Å². The van der Waals surface area contributed by atoms with Crippen LogP contribution in [0.15, 0.2) is 18.2 Å². The number of esters is 1. The highest BCUT2D eigenvalue weighted by molar-refractivity contribution is 9.09. The molecule has 0 amide bonds. The Balaban J connectivity index is 1.89. The predicted octanol–water partition coefficient (Wildman–Crippen LogP) is 1.82. The predicted molar refractivity (Wildman–Crippen MR) is 111 cm³/mol. The Morgan fingerprint density at radius 3 is 2.41 bits per heavy atom. The lowest BCUT2D eigenvalue weighted by molar-refractivity contribution is -0.153. The van der Waals surface area contributed by atoms with E-state index in [0.717, 1.165) is 6.92 Å². The Morgan fingerprint density at radius 2 is 1.75 bits per heavy atom. The van der Waals surface area contributed by atoms with E-state index in [1.807, 2.05) is 0 Å². The van der Waals surface area contributed by atoms with E-state index in [2.05, 4.69) is 20.7 Å². The van der Waals surface area contributed by atoms with Crippen LogP contribution in [0.5, 0.6) is 17.2 Å². The fraction of sp³-hybridized carbons (Fsp3) is 0.273. The lowest BCUT2D eigenvalue weighted by Crippen LogP contribution is -2.46. The zero-order chi connectivity index (χ0) is 23.5. The molecule has 0 saturated carbocycles. The van der Waals surface area contributed by atoms with Crippen LogP contribution in [0.3, 0.4) is 0 Å². The minimum absolute atomic E-state index is 0.0474. The first-order valence-electron chi connectivity index (χ1n) is 9.53. The van der Waals surface area contributed by atoms with Gasteiger partial charge in [0, 0.05) is 41.3 Å². The molecule has 2 aromatic rings. The van der Waals surface area contributed by atoms with Crippen LogP contribution < -0.4 is 0 Å². The lowest BCUT2D eigenvalue weighted by Gasteiger charge is -2.37. The number of phenolic OH excluding ortho intramolecular Hbond substituents is 3. The van der Waals surface area contributed by atoms with E-state index < -0.39 is 75.2 Å². The molecule has 2 aliphatic rings. The maximum atomic E-state index is 13.1. The number of hydrogen-bond acceptors (Lipinski definition) is 9. The number of Topliss-reactive ketones (excluding diaryl/α,β-unsaturated/α-hetero) is 1. The van der Waals surface area contributed by atoms with Gasteiger partial charge in [0.25, 0.3) is 0 Å². The summed E-state index contributed by atoms with van der Waals surface area (Å²) in [4.78, 5) is 48.8. The molecule has 10 heteroatoms. The van der Waals surface area contributed by atoms with Crippen LogP contribution in [0.1, 0.15) is 61.1 Å². The Labute approximate surface area is 189 Å². The maximum Gasteiger partial charge on any atom is 0.303 e. The quantitative estimate of drug-likeness (QED) is 0.237. The Bertz CT molecular complexity index is 1230. The van der Waals surface area contributed by atoms with Crippen LogP contribution in [-0.4, -0.2) is 56.0 Å². The van der Waals surface area contributed by atoms with Crippen molar-refractivity contribution in [2.75, 3.05) is 6.61 Å². The van der Waals surface area contributed by atoms with Crippen molar-refractivity contribution in [3.05, 3.63) is 51.6 Å². The van der Waals surface area contributed by atoms with Gasteiger partial charge in [-0.05, 0) is 6.07 Å². The third-order valence-corrected chi connectivity index (χ3v) is 6.56. The number of benzene rings is 2. The number of ketones is 3. The number of alkyl halides is 1. The molecule has 4 rings (SSSR count). The van der Waals surface area contributed by atoms with Gasteiger partial charge in [-0.25, -0.2) is 0 Å². The van der Waals surface area contributed by atoms with Gasteiger partial charge >= 0.3 is 5.97 Å². The van der Waals surface area contributed by atoms with Gasteiger partial charge in [-0.2, -0.15) is 0 Å². The third-order valence-electron chi connectivity index (χ3n) is 5.78. The molecular formula is C22H17BrO9. The van der Waals surface area contributed by atoms with Gasteiger partial charge in [0.05, 0.1) is 16.7 Å². The first kappa shape index (κ1) is 22.0. The Kier molecular flexibility index (Phi) is 5.09. The summed E-state index contributed by atoms with van der Waals surface area (Å²) in [6.45, 7) is 0.415. The SMILES string of the molecule is CC(=O)OCC(=O)C1(O)Cc2c(O)c3c(c(O)c2C(Br)C1)C(=O)c1c(O)cccc1C3=O. The van der Waals surface area contributed by atoms with Crippen LogP contribution in [-0.2, 0) is 20.7 Å². The van der Waals surface area contributed by atoms with Crippen LogP contribution in [0.25, 0.3) is 0 Å². The Hall–Kier alpha value is -3.24. The van der Waals surface area contributed by atoms with Crippen LogP contribution in [0.2, 0.25) is 0 Å². The zero-order valence-corrected chi connectivity index (χ0v) is 18.2. The molecule has 0 aromatic heterocycles. The van der Waals surface area contributed by atoms with Crippen LogP contribution in [0, 0.1) is 0 Å². The number of carbonyl (C=O) groups is 4. The molecule has 0 aliphatic heterocycles. The molecule has 2 unspecified atom stereocenters. The van der Waals surface area contributed by atoms with Gasteiger partial charge in [0.15, 0.2) is 12.4 Å². The second-order valence-corrected chi connectivity index (χ2v) is 8.89. The number of ether oxygens (including phenoxy) is 1. The molecule has 4 N–H and O–H groups in total. The lowest BCUT2D eigenvalue weighted by atomic mass is 9.73. The standard InChI is InChI=1S/C22H17BrO9/c1-8(24)32-7-13(26)22(31)5-10-14(11(23)6-22)20(29)17-16(19(10)28)18(27)9-3-2-4-12(25)15(9)21(17)30/h2-4,11,25,28-29,31H,5-7H2,1H3. The number of aromatic hydroxyl groups is 3. The van der Waals surface area contributed by atoms with Crippen molar-refractivity contribution in [1.82, 2.24) is 0 Å². The van der Waals surface area contributed by atoms with Crippen molar-refractivity contribution < 1.29 is 44.3 Å². The van der Waals surface area contributed by atoms with Crippen molar-refractivity contribution in [1.29, 1.82) is 0 Å². The minimum atomic E-state index is -2.06. The monoisotopic (exact) mass is 504 g/mol.